The second-order valence-electron chi connectivity index (χ2n) is 11.5. The van der Waals surface area contributed by atoms with Crippen molar-refractivity contribution in [3.63, 3.8) is 0 Å². The van der Waals surface area contributed by atoms with Crippen molar-refractivity contribution in [2.45, 2.75) is 0 Å². The molecular formula is C46H31NO. The van der Waals surface area contributed by atoms with Gasteiger partial charge in [0, 0.05) is 33.2 Å². The highest BCUT2D eigenvalue weighted by atomic mass is 16.3. The van der Waals surface area contributed by atoms with E-state index >= 15 is 0 Å². The molecule has 0 amide bonds. The van der Waals surface area contributed by atoms with Crippen molar-refractivity contribution in [3.05, 3.63) is 188 Å². The van der Waals surface area contributed by atoms with Crippen LogP contribution in [0.4, 0.5) is 17.1 Å². The molecule has 2 heteroatoms. The van der Waals surface area contributed by atoms with Crippen LogP contribution in [0.2, 0.25) is 0 Å². The van der Waals surface area contributed by atoms with Gasteiger partial charge in [-0.15, -0.1) is 0 Å². The maximum Gasteiger partial charge on any atom is 0.143 e. The molecule has 8 aromatic carbocycles. The van der Waals surface area contributed by atoms with Gasteiger partial charge in [-0.1, -0.05) is 139 Å². The van der Waals surface area contributed by atoms with Crippen LogP contribution in [0, 0.1) is 0 Å². The Morgan fingerprint density at radius 1 is 0.417 bits per heavy atom. The van der Waals surface area contributed by atoms with E-state index in [1.807, 2.05) is 109 Å². The highest BCUT2D eigenvalue weighted by Gasteiger charge is 2.17. The zero-order chi connectivity index (χ0) is 39.7. The summed E-state index contributed by atoms with van der Waals surface area (Å²) in [6.45, 7) is 0. The van der Waals surface area contributed by atoms with Gasteiger partial charge >= 0.3 is 0 Å². The van der Waals surface area contributed by atoms with Crippen molar-refractivity contribution in [1.29, 1.82) is 0 Å². The van der Waals surface area contributed by atoms with Crippen LogP contribution in [0.25, 0.3) is 66.1 Å². The lowest BCUT2D eigenvalue weighted by Gasteiger charge is -2.26. The summed E-state index contributed by atoms with van der Waals surface area (Å²) in [5.74, 6) is 0. The summed E-state index contributed by atoms with van der Waals surface area (Å²) >= 11 is 0. The molecule has 0 aliphatic carbocycles. The average Bonchev–Trinajstić information content (AvgIpc) is 3.64. The number of rotatable bonds is 6. The maximum absolute atomic E-state index is 9.31. The van der Waals surface area contributed by atoms with Crippen molar-refractivity contribution < 1.29 is 16.8 Å². The molecule has 9 rings (SSSR count). The summed E-state index contributed by atoms with van der Waals surface area (Å²) in [5.41, 5.74) is 5.67. The van der Waals surface area contributed by atoms with Gasteiger partial charge < -0.3 is 9.32 Å². The number of furan rings is 1. The van der Waals surface area contributed by atoms with E-state index in [2.05, 4.69) is 24.3 Å². The first kappa shape index (κ1) is 20.0. The number of hydrogen-bond donors (Lipinski definition) is 0. The zero-order valence-electron chi connectivity index (χ0n) is 34.6. The molecule has 0 atom stereocenters. The quantitative estimate of drug-likeness (QED) is 0.183. The second kappa shape index (κ2) is 11.8. The van der Waals surface area contributed by atoms with E-state index in [0.29, 0.717) is 11.4 Å². The van der Waals surface area contributed by atoms with Gasteiger partial charge in [0.05, 0.1) is 12.3 Å². The number of benzene rings is 8. The standard InChI is InChI=1S/C46H31NO/c1-3-10-32(11-4-1)34-18-25-38(26-19-34)47(39-27-20-35(21-28-39)33-12-5-2-6-13-33)40-29-22-37(23-30-40)41-16-9-17-44-45(41)43-31-24-36-14-7-8-15-42(36)46(43)48-44/h1-31H/i1D,3D,4D,10D,11D,18D,19D,25D,26D. The predicted molar refractivity (Wildman–Crippen MR) is 202 cm³/mol. The molecule has 2 nitrogen and oxygen atoms in total. The molecule has 9 aromatic rings. The lowest BCUT2D eigenvalue weighted by molar-refractivity contribution is 0.673. The van der Waals surface area contributed by atoms with Crippen LogP contribution < -0.4 is 4.90 Å². The van der Waals surface area contributed by atoms with Gasteiger partial charge in [-0.25, -0.2) is 0 Å². The summed E-state index contributed by atoms with van der Waals surface area (Å²) in [6.07, 6.45) is 0. The predicted octanol–water partition coefficient (Wildman–Crippen LogP) is 13.2. The Labute approximate surface area is 292 Å². The second-order valence-corrected chi connectivity index (χ2v) is 11.5. The van der Waals surface area contributed by atoms with Crippen LogP contribution in [0.15, 0.2) is 192 Å². The molecular weight excluding hydrogens is 583 g/mol. The lowest BCUT2D eigenvalue weighted by atomic mass is 9.98. The summed E-state index contributed by atoms with van der Waals surface area (Å²) in [6, 6.07) is 38.3. The van der Waals surface area contributed by atoms with Crippen molar-refractivity contribution in [1.82, 2.24) is 0 Å². The summed E-state index contributed by atoms with van der Waals surface area (Å²) in [7, 11) is 0. The first-order chi connectivity index (χ1) is 27.5. The van der Waals surface area contributed by atoms with Crippen LogP contribution in [0.5, 0.6) is 0 Å². The van der Waals surface area contributed by atoms with Crippen molar-refractivity contribution in [2.75, 3.05) is 4.90 Å². The third kappa shape index (κ3) is 4.92. The maximum atomic E-state index is 9.31. The van der Waals surface area contributed by atoms with Crippen LogP contribution in [-0.4, -0.2) is 0 Å². The summed E-state index contributed by atoms with van der Waals surface area (Å²) in [4.78, 5) is 1.66. The molecule has 0 bridgehead atoms. The third-order valence-electron chi connectivity index (χ3n) is 8.64. The summed E-state index contributed by atoms with van der Waals surface area (Å²) in [5, 5.41) is 4.08. The fourth-order valence-corrected chi connectivity index (χ4v) is 6.34. The lowest BCUT2D eigenvalue weighted by Crippen LogP contribution is -2.09. The van der Waals surface area contributed by atoms with Gasteiger partial charge in [0.15, 0.2) is 0 Å². The van der Waals surface area contributed by atoms with Gasteiger partial charge in [-0.2, -0.15) is 0 Å². The molecule has 0 saturated carbocycles. The molecule has 1 aromatic heterocycles. The number of fused-ring (bicyclic) bond motifs is 5. The Kier molecular flexibility index (Phi) is 4.90. The molecule has 0 aliphatic rings. The Morgan fingerprint density at radius 2 is 1.06 bits per heavy atom. The van der Waals surface area contributed by atoms with E-state index < -0.39 is 54.4 Å². The van der Waals surface area contributed by atoms with E-state index in [9.17, 15) is 2.74 Å². The number of hydrogen-bond acceptors (Lipinski definition) is 2. The van der Waals surface area contributed by atoms with Crippen molar-refractivity contribution in [3.8, 4) is 33.4 Å². The highest BCUT2D eigenvalue weighted by molar-refractivity contribution is 6.19. The minimum absolute atomic E-state index is 0.0591. The normalized spacial score (nSPS) is 14.0. The van der Waals surface area contributed by atoms with Gasteiger partial charge in [-0.3, -0.25) is 0 Å². The van der Waals surface area contributed by atoms with Gasteiger partial charge in [0.1, 0.15) is 11.2 Å². The van der Waals surface area contributed by atoms with E-state index in [1.165, 1.54) is 0 Å². The Bertz CT molecular complexity index is 2990. The average molecular weight is 623 g/mol. The molecule has 1 heterocycles. The van der Waals surface area contributed by atoms with Crippen molar-refractivity contribution >= 4 is 49.8 Å². The largest absolute Gasteiger partial charge is 0.455 e. The Morgan fingerprint density at radius 3 is 1.81 bits per heavy atom. The number of anilines is 3. The fraction of sp³-hybridized carbons (Fsp3) is 0. The van der Waals surface area contributed by atoms with Crippen molar-refractivity contribution in [2.24, 2.45) is 0 Å². The van der Waals surface area contributed by atoms with Crippen LogP contribution in [-0.2, 0) is 0 Å². The van der Waals surface area contributed by atoms with Crippen LogP contribution >= 0.6 is 0 Å². The number of nitrogens with zero attached hydrogens (tertiary/aromatic N) is 1. The van der Waals surface area contributed by atoms with E-state index in [1.54, 1.807) is 4.90 Å². The Hall–Kier alpha value is -6.38. The minimum atomic E-state index is -0.625. The highest BCUT2D eigenvalue weighted by Crippen LogP contribution is 2.41. The molecule has 48 heavy (non-hydrogen) atoms. The monoisotopic (exact) mass is 622 g/mol. The van der Waals surface area contributed by atoms with E-state index in [-0.39, 0.29) is 16.8 Å². The van der Waals surface area contributed by atoms with E-state index in [4.69, 9.17) is 14.0 Å². The SMILES string of the molecule is [2H]c1c([2H])c([2H])c(-c2c([2H])c([2H])c(N(c3ccc(-c4ccccc4)cc3)c3ccc(-c4cccc5oc6c7ccccc7ccc6c45)cc3)c([2H])c2[2H])c([2H])c1[2H]. The van der Waals surface area contributed by atoms with Crippen LogP contribution in [0.1, 0.15) is 12.3 Å². The molecule has 0 fully saturated rings. The smallest absolute Gasteiger partial charge is 0.143 e. The topological polar surface area (TPSA) is 16.4 Å². The minimum Gasteiger partial charge on any atom is -0.455 e. The molecule has 0 spiro atoms. The first-order valence-electron chi connectivity index (χ1n) is 20.1. The zero-order valence-corrected chi connectivity index (χ0v) is 25.6. The van der Waals surface area contributed by atoms with Gasteiger partial charge in [0.2, 0.25) is 0 Å². The van der Waals surface area contributed by atoms with Gasteiger partial charge in [-0.05, 0) is 87.2 Å². The first-order valence-corrected chi connectivity index (χ1v) is 15.6. The fourth-order valence-electron chi connectivity index (χ4n) is 6.34. The molecule has 0 unspecified atom stereocenters. The van der Waals surface area contributed by atoms with E-state index in [0.717, 1.165) is 55.0 Å². The summed E-state index contributed by atoms with van der Waals surface area (Å²) < 4.78 is 84.8. The molecule has 0 N–H and O–H groups in total. The third-order valence-corrected chi connectivity index (χ3v) is 8.64. The molecule has 0 aliphatic heterocycles. The molecule has 0 radical (unpaired) electrons. The Balaban J connectivity index is 1.22. The van der Waals surface area contributed by atoms with Crippen LogP contribution in [0.3, 0.4) is 0 Å². The molecule has 0 saturated heterocycles. The van der Waals surface area contributed by atoms with Gasteiger partial charge in [0.25, 0.3) is 0 Å². The molecule has 226 valence electrons.